The number of H-pyrrole nitrogens is 1. The van der Waals surface area contributed by atoms with Gasteiger partial charge in [0.1, 0.15) is 0 Å². The Hall–Kier alpha value is -1.68. The molecule has 1 nitrogen and oxygen atoms in total. The van der Waals surface area contributed by atoms with E-state index in [1.54, 1.807) is 0 Å². The minimum atomic E-state index is 0.917. The van der Waals surface area contributed by atoms with Crippen molar-refractivity contribution in [1.82, 2.24) is 4.98 Å². The molecule has 1 aromatic heterocycles. The van der Waals surface area contributed by atoms with Crippen molar-refractivity contribution in [3.8, 4) is 12.3 Å². The summed E-state index contributed by atoms with van der Waals surface area (Å²) in [5, 5.41) is 1.20. The lowest BCUT2D eigenvalue weighted by molar-refractivity contribution is 1.47. The summed E-state index contributed by atoms with van der Waals surface area (Å²) in [5.41, 5.74) is 2.01. The lowest BCUT2D eigenvalue weighted by Gasteiger charge is -1.90. The number of benzene rings is 1. The van der Waals surface area contributed by atoms with Gasteiger partial charge in [0.05, 0.1) is 0 Å². The molecule has 0 saturated heterocycles. The van der Waals surface area contributed by atoms with Crippen molar-refractivity contribution < 1.29 is 0 Å². The van der Waals surface area contributed by atoms with E-state index in [1.165, 1.54) is 5.39 Å². The third-order valence-corrected chi connectivity index (χ3v) is 1.72. The fourth-order valence-electron chi connectivity index (χ4n) is 1.14. The Bertz CT molecular complexity index is 418. The van der Waals surface area contributed by atoms with Crippen molar-refractivity contribution in [3.05, 3.63) is 36.0 Å². The number of nitrogens with one attached hydrogen (secondary N) is 1. The number of hydrogen-bond acceptors (Lipinski definition) is 0. The van der Waals surface area contributed by atoms with Crippen molar-refractivity contribution in [2.24, 2.45) is 0 Å². The van der Waals surface area contributed by atoms with Crippen LogP contribution in [0, 0.1) is 12.3 Å². The Morgan fingerprint density at radius 2 is 2.18 bits per heavy atom. The standard InChI is InChI=1S/C10H7N/c1-2-8-3-4-9-5-6-11-10(9)7-8/h1,3-7,11H. The Labute approximate surface area is 65.1 Å². The van der Waals surface area contributed by atoms with Crippen LogP contribution in [0.25, 0.3) is 10.9 Å². The molecule has 2 rings (SSSR count). The van der Waals surface area contributed by atoms with Gasteiger partial charge in [-0.3, -0.25) is 0 Å². The summed E-state index contributed by atoms with van der Waals surface area (Å²) in [6.45, 7) is 0. The van der Waals surface area contributed by atoms with Crippen molar-refractivity contribution in [2.75, 3.05) is 0 Å². The van der Waals surface area contributed by atoms with E-state index in [1.807, 2.05) is 30.5 Å². The minimum absolute atomic E-state index is 0.917. The van der Waals surface area contributed by atoms with Crippen molar-refractivity contribution >= 4 is 10.9 Å². The van der Waals surface area contributed by atoms with Crippen LogP contribution >= 0.6 is 0 Å². The van der Waals surface area contributed by atoms with E-state index in [0.717, 1.165) is 11.1 Å². The summed E-state index contributed by atoms with van der Waals surface area (Å²) in [6.07, 6.45) is 7.15. The van der Waals surface area contributed by atoms with Gasteiger partial charge in [0.2, 0.25) is 0 Å². The molecule has 0 radical (unpaired) electrons. The molecule has 1 N–H and O–H groups in total. The van der Waals surface area contributed by atoms with Crippen molar-refractivity contribution in [1.29, 1.82) is 0 Å². The quantitative estimate of drug-likeness (QED) is 0.541. The molecule has 1 heterocycles. The number of fused-ring (bicyclic) bond motifs is 1. The molecule has 0 amide bonds. The third kappa shape index (κ3) is 0.890. The Morgan fingerprint density at radius 1 is 1.27 bits per heavy atom. The molecule has 52 valence electrons. The van der Waals surface area contributed by atoms with E-state index < -0.39 is 0 Å². The molecule has 0 aliphatic rings. The maximum atomic E-state index is 5.25. The van der Waals surface area contributed by atoms with E-state index in [2.05, 4.69) is 10.9 Å². The van der Waals surface area contributed by atoms with Gasteiger partial charge in [-0.1, -0.05) is 12.0 Å². The van der Waals surface area contributed by atoms with Crippen LogP contribution in [0.3, 0.4) is 0 Å². The van der Waals surface area contributed by atoms with Gasteiger partial charge in [0.15, 0.2) is 0 Å². The van der Waals surface area contributed by atoms with Gasteiger partial charge in [-0.2, -0.15) is 0 Å². The highest BCUT2D eigenvalue weighted by molar-refractivity contribution is 5.80. The second-order valence-electron chi connectivity index (χ2n) is 2.42. The topological polar surface area (TPSA) is 15.8 Å². The van der Waals surface area contributed by atoms with Crippen molar-refractivity contribution in [3.63, 3.8) is 0 Å². The highest BCUT2D eigenvalue weighted by atomic mass is 14.7. The lowest BCUT2D eigenvalue weighted by Crippen LogP contribution is -1.72. The normalized spacial score (nSPS) is 9.73. The first-order valence-corrected chi connectivity index (χ1v) is 3.44. The predicted octanol–water partition coefficient (Wildman–Crippen LogP) is 2.15. The zero-order chi connectivity index (χ0) is 7.68. The number of terminal acetylenes is 1. The highest BCUT2D eigenvalue weighted by Crippen LogP contribution is 2.12. The van der Waals surface area contributed by atoms with Crippen LogP contribution in [0.4, 0.5) is 0 Å². The zero-order valence-corrected chi connectivity index (χ0v) is 5.96. The molecule has 0 unspecified atom stereocenters. The van der Waals surface area contributed by atoms with Crippen LogP contribution in [0.2, 0.25) is 0 Å². The van der Waals surface area contributed by atoms with Crippen LogP contribution in [-0.4, -0.2) is 4.98 Å². The van der Waals surface area contributed by atoms with Gasteiger partial charge in [-0.15, -0.1) is 6.42 Å². The minimum Gasteiger partial charge on any atom is -0.361 e. The summed E-state index contributed by atoms with van der Waals surface area (Å²) in [4.78, 5) is 3.10. The monoisotopic (exact) mass is 141 g/mol. The number of aromatic nitrogens is 1. The number of rotatable bonds is 0. The molecule has 0 aliphatic heterocycles. The molecule has 1 aromatic carbocycles. The first-order valence-electron chi connectivity index (χ1n) is 3.44. The molecule has 0 fully saturated rings. The van der Waals surface area contributed by atoms with Crippen LogP contribution in [0.15, 0.2) is 30.5 Å². The first-order chi connectivity index (χ1) is 5.40. The maximum Gasteiger partial charge on any atom is 0.0466 e. The van der Waals surface area contributed by atoms with Gasteiger partial charge < -0.3 is 4.98 Å². The lowest BCUT2D eigenvalue weighted by atomic mass is 10.2. The Kier molecular flexibility index (Phi) is 1.20. The van der Waals surface area contributed by atoms with Crippen LogP contribution in [-0.2, 0) is 0 Å². The Morgan fingerprint density at radius 3 is 3.00 bits per heavy atom. The molecular formula is C10H7N. The summed E-state index contributed by atoms with van der Waals surface area (Å²) >= 11 is 0. The van der Waals surface area contributed by atoms with E-state index >= 15 is 0 Å². The molecular weight excluding hydrogens is 134 g/mol. The van der Waals surface area contributed by atoms with Crippen LogP contribution in [0.5, 0.6) is 0 Å². The largest absolute Gasteiger partial charge is 0.361 e. The maximum absolute atomic E-state index is 5.25. The van der Waals surface area contributed by atoms with E-state index in [0.29, 0.717) is 0 Å². The summed E-state index contributed by atoms with van der Waals surface area (Å²) in [6, 6.07) is 7.95. The molecule has 11 heavy (non-hydrogen) atoms. The second kappa shape index (κ2) is 2.17. The smallest absolute Gasteiger partial charge is 0.0466 e. The molecule has 2 aromatic rings. The van der Waals surface area contributed by atoms with Crippen LogP contribution < -0.4 is 0 Å². The van der Waals surface area contributed by atoms with Crippen molar-refractivity contribution in [2.45, 2.75) is 0 Å². The van der Waals surface area contributed by atoms with E-state index in [4.69, 9.17) is 6.42 Å². The van der Waals surface area contributed by atoms with E-state index in [-0.39, 0.29) is 0 Å². The molecule has 0 spiro atoms. The summed E-state index contributed by atoms with van der Waals surface area (Å²) in [5.74, 6) is 2.59. The molecule has 0 bridgehead atoms. The van der Waals surface area contributed by atoms with Crippen LogP contribution in [0.1, 0.15) is 5.56 Å². The molecule has 1 heteroatoms. The highest BCUT2D eigenvalue weighted by Gasteiger charge is 1.92. The molecule has 0 saturated carbocycles. The number of hydrogen-bond donors (Lipinski definition) is 1. The SMILES string of the molecule is C#Cc1ccc2cc[nH]c2c1. The average Bonchev–Trinajstić information content (AvgIpc) is 2.50. The fraction of sp³-hybridized carbons (Fsp3) is 0. The first kappa shape index (κ1) is 6.06. The molecule has 0 atom stereocenters. The second-order valence-corrected chi connectivity index (χ2v) is 2.42. The predicted molar refractivity (Wildman–Crippen MR) is 46.2 cm³/mol. The zero-order valence-electron chi connectivity index (χ0n) is 5.96. The van der Waals surface area contributed by atoms with Gasteiger partial charge in [-0.05, 0) is 23.6 Å². The average molecular weight is 141 g/mol. The van der Waals surface area contributed by atoms with Gasteiger partial charge in [-0.25, -0.2) is 0 Å². The van der Waals surface area contributed by atoms with Gasteiger partial charge in [0.25, 0.3) is 0 Å². The van der Waals surface area contributed by atoms with E-state index in [9.17, 15) is 0 Å². The molecule has 0 aliphatic carbocycles. The summed E-state index contributed by atoms with van der Waals surface area (Å²) in [7, 11) is 0. The fourth-order valence-corrected chi connectivity index (χ4v) is 1.14. The number of aromatic amines is 1. The third-order valence-electron chi connectivity index (χ3n) is 1.72. The van der Waals surface area contributed by atoms with Gasteiger partial charge in [0, 0.05) is 17.3 Å². The van der Waals surface area contributed by atoms with Gasteiger partial charge >= 0.3 is 0 Å². The summed E-state index contributed by atoms with van der Waals surface area (Å²) < 4.78 is 0. The Balaban J connectivity index is 2.79.